The molecule has 3 aromatic rings. The number of nitrogens with two attached hydrogens (primary N) is 2. The second-order valence-corrected chi connectivity index (χ2v) is 5.49. The van der Waals surface area contributed by atoms with Crippen LogP contribution in [0.25, 0.3) is 11.0 Å². The van der Waals surface area contributed by atoms with Crippen LogP contribution in [0.15, 0.2) is 41.3 Å². The molecule has 7 nitrogen and oxygen atoms in total. The number of benzene rings is 1. The number of hydrogen-bond acceptors (Lipinski definition) is 4. The quantitative estimate of drug-likeness (QED) is 0.305. The summed E-state index contributed by atoms with van der Waals surface area (Å²) in [4.78, 5) is 21.5. The van der Waals surface area contributed by atoms with Crippen molar-refractivity contribution in [3.05, 3.63) is 58.0 Å². The van der Waals surface area contributed by atoms with E-state index in [4.69, 9.17) is 5.73 Å². The second kappa shape index (κ2) is 7.96. The largest absolute Gasteiger partial charge is 1.00 e. The summed E-state index contributed by atoms with van der Waals surface area (Å²) >= 11 is 0. The predicted octanol–water partition coefficient (Wildman–Crippen LogP) is -2.98. The third-order valence-corrected chi connectivity index (χ3v) is 3.83. The van der Waals surface area contributed by atoms with Gasteiger partial charge in [0, 0.05) is 18.2 Å². The minimum atomic E-state index is -0.472. The molecule has 24 heavy (non-hydrogen) atoms. The number of quaternary nitrogens is 1. The molecule has 0 aliphatic carbocycles. The molecule has 0 spiro atoms. The van der Waals surface area contributed by atoms with Gasteiger partial charge in [-0.3, -0.25) is 9.78 Å². The number of fused-ring (bicyclic) bond motifs is 1. The number of aromatic amines is 2. The Kier molecular flexibility index (Phi) is 5.97. The van der Waals surface area contributed by atoms with Crippen molar-refractivity contribution in [2.75, 3.05) is 12.3 Å². The Morgan fingerprint density at radius 2 is 2.04 bits per heavy atom. The first kappa shape index (κ1) is 18.0. The van der Waals surface area contributed by atoms with Gasteiger partial charge in [-0.25, -0.2) is 0 Å². The maximum atomic E-state index is 12.0. The van der Waals surface area contributed by atoms with Crippen molar-refractivity contribution >= 4 is 17.0 Å². The molecular formula is C16H20ClN5O2. The lowest BCUT2D eigenvalue weighted by Crippen LogP contribution is -3.00. The molecule has 0 unspecified atom stereocenters. The molecular weight excluding hydrogens is 330 g/mol. The highest BCUT2D eigenvalue weighted by molar-refractivity contribution is 5.79. The van der Waals surface area contributed by atoms with Crippen LogP contribution in [0.1, 0.15) is 23.7 Å². The van der Waals surface area contributed by atoms with E-state index >= 15 is 0 Å². The summed E-state index contributed by atoms with van der Waals surface area (Å²) in [5.74, 6) is 0.103. The predicted molar refractivity (Wildman–Crippen MR) is 87.6 cm³/mol. The first-order valence-electron chi connectivity index (χ1n) is 7.55. The number of rotatable bonds is 6. The van der Waals surface area contributed by atoms with E-state index < -0.39 is 6.10 Å². The Morgan fingerprint density at radius 1 is 1.29 bits per heavy atom. The number of hydrogen-bond donors (Lipinski definition) is 5. The highest BCUT2D eigenvalue weighted by Crippen LogP contribution is 2.14. The van der Waals surface area contributed by atoms with Gasteiger partial charge in [-0.05, 0) is 5.56 Å². The molecule has 2 aromatic heterocycles. The van der Waals surface area contributed by atoms with E-state index in [1.54, 1.807) is 6.20 Å². The Morgan fingerprint density at radius 3 is 2.79 bits per heavy atom. The van der Waals surface area contributed by atoms with Crippen molar-refractivity contribution in [2.24, 2.45) is 0 Å². The van der Waals surface area contributed by atoms with Crippen molar-refractivity contribution < 1.29 is 22.8 Å². The molecule has 0 fully saturated rings. The Balaban J connectivity index is 0.00000208. The Hall–Kier alpha value is -2.35. The van der Waals surface area contributed by atoms with Crippen molar-refractivity contribution in [3.8, 4) is 0 Å². The summed E-state index contributed by atoms with van der Waals surface area (Å²) < 4.78 is 0. The lowest BCUT2D eigenvalue weighted by Gasteiger charge is -2.09. The van der Waals surface area contributed by atoms with Crippen LogP contribution in [0.2, 0.25) is 0 Å². The van der Waals surface area contributed by atoms with Crippen LogP contribution in [0.5, 0.6) is 0 Å². The van der Waals surface area contributed by atoms with Crippen molar-refractivity contribution in [2.45, 2.75) is 19.1 Å². The highest BCUT2D eigenvalue weighted by atomic mass is 35.5. The number of H-pyrrole nitrogens is 2. The number of aromatic nitrogens is 3. The van der Waals surface area contributed by atoms with Crippen LogP contribution in [-0.2, 0) is 6.54 Å². The zero-order valence-electron chi connectivity index (χ0n) is 13.0. The normalized spacial score (nSPS) is 12.0. The molecule has 3 rings (SSSR count). The molecule has 0 bridgehead atoms. The van der Waals surface area contributed by atoms with Gasteiger partial charge in [-0.15, -0.1) is 0 Å². The third-order valence-electron chi connectivity index (χ3n) is 3.83. The summed E-state index contributed by atoms with van der Waals surface area (Å²) in [6, 6.07) is 9.59. The molecule has 128 valence electrons. The standard InChI is InChI=1S/C16H19N5O2.ClH/c17-16-20-14-13(15(23)21-16)11(9-19-14)8-18-7-6-12(22)10-4-2-1-3-5-10;/h1-5,9,12,18,22H,6-8H2,(H4,17,19,20,21,23);1H/t12-;/m1./s1. The number of nitrogen functional groups attached to an aromatic ring is 1. The molecule has 0 saturated carbocycles. The molecule has 7 N–H and O–H groups in total. The fourth-order valence-electron chi connectivity index (χ4n) is 2.66. The smallest absolute Gasteiger partial charge is 0.262 e. The van der Waals surface area contributed by atoms with Gasteiger partial charge in [0.2, 0.25) is 5.95 Å². The van der Waals surface area contributed by atoms with Gasteiger partial charge in [0.05, 0.1) is 18.0 Å². The SMILES string of the molecule is Nc1nc2[nH]cc(C[NH2+]CC[C@@H](O)c3ccccc3)c2c(=O)[nH]1.[Cl-]. The average molecular weight is 350 g/mol. The Labute approximate surface area is 144 Å². The number of aliphatic hydroxyl groups is 1. The zero-order valence-corrected chi connectivity index (χ0v) is 13.8. The van der Waals surface area contributed by atoms with Gasteiger partial charge < -0.3 is 33.5 Å². The summed E-state index contributed by atoms with van der Waals surface area (Å²) in [6.45, 7) is 1.39. The van der Waals surface area contributed by atoms with Gasteiger partial charge in [0.15, 0.2) is 0 Å². The maximum absolute atomic E-state index is 12.0. The molecule has 1 atom stereocenters. The molecule has 0 saturated heterocycles. The van der Waals surface area contributed by atoms with E-state index in [2.05, 4.69) is 20.3 Å². The number of nitrogens with zero attached hydrogens (tertiary/aromatic N) is 1. The molecule has 0 aliphatic rings. The van der Waals surface area contributed by atoms with Crippen LogP contribution < -0.4 is 29.0 Å². The first-order valence-corrected chi connectivity index (χ1v) is 7.55. The van der Waals surface area contributed by atoms with E-state index in [1.165, 1.54) is 0 Å². The van der Waals surface area contributed by atoms with Crippen LogP contribution in [0, 0.1) is 0 Å². The van der Waals surface area contributed by atoms with Crippen LogP contribution in [-0.4, -0.2) is 26.6 Å². The summed E-state index contributed by atoms with van der Waals surface area (Å²) in [5.41, 5.74) is 7.58. The maximum Gasteiger partial charge on any atom is 0.262 e. The van der Waals surface area contributed by atoms with E-state index in [9.17, 15) is 9.90 Å². The molecule has 0 aliphatic heterocycles. The lowest BCUT2D eigenvalue weighted by atomic mass is 10.1. The summed E-state index contributed by atoms with van der Waals surface area (Å²) in [6.07, 6.45) is 1.95. The van der Waals surface area contributed by atoms with E-state index in [0.717, 1.165) is 17.7 Å². The van der Waals surface area contributed by atoms with Gasteiger partial charge in [-0.2, -0.15) is 4.98 Å². The van der Waals surface area contributed by atoms with Crippen molar-refractivity contribution in [1.82, 2.24) is 15.0 Å². The van der Waals surface area contributed by atoms with Crippen molar-refractivity contribution in [1.29, 1.82) is 0 Å². The highest BCUT2D eigenvalue weighted by Gasteiger charge is 2.12. The van der Waals surface area contributed by atoms with Gasteiger partial charge >= 0.3 is 0 Å². The molecule has 0 amide bonds. The van der Waals surface area contributed by atoms with Gasteiger partial charge in [-0.1, -0.05) is 30.3 Å². The topological polar surface area (TPSA) is 124 Å². The summed E-state index contributed by atoms with van der Waals surface area (Å²) in [7, 11) is 0. The zero-order chi connectivity index (χ0) is 16.2. The second-order valence-electron chi connectivity index (χ2n) is 5.49. The molecule has 8 heteroatoms. The Bertz CT molecular complexity index is 847. The number of halogens is 1. The average Bonchev–Trinajstić information content (AvgIpc) is 2.95. The molecule has 2 heterocycles. The fourth-order valence-corrected chi connectivity index (χ4v) is 2.66. The van der Waals surface area contributed by atoms with E-state index in [-0.39, 0.29) is 23.9 Å². The first-order chi connectivity index (χ1) is 11.1. The van der Waals surface area contributed by atoms with E-state index in [1.807, 2.05) is 30.3 Å². The van der Waals surface area contributed by atoms with Gasteiger partial charge in [0.1, 0.15) is 12.2 Å². The number of aliphatic hydroxyl groups excluding tert-OH is 1. The third kappa shape index (κ3) is 3.94. The van der Waals surface area contributed by atoms with Crippen LogP contribution in [0.3, 0.4) is 0 Å². The minimum Gasteiger partial charge on any atom is -1.00 e. The van der Waals surface area contributed by atoms with E-state index in [0.29, 0.717) is 24.0 Å². The molecule has 1 aromatic carbocycles. The molecule has 0 radical (unpaired) electrons. The number of nitrogens with one attached hydrogen (secondary N) is 2. The monoisotopic (exact) mass is 349 g/mol. The number of anilines is 1. The van der Waals surface area contributed by atoms with Crippen molar-refractivity contribution in [3.63, 3.8) is 0 Å². The van der Waals surface area contributed by atoms with Crippen LogP contribution in [0.4, 0.5) is 5.95 Å². The summed E-state index contributed by atoms with van der Waals surface area (Å²) in [5, 5.41) is 12.7. The van der Waals surface area contributed by atoms with Gasteiger partial charge in [0.25, 0.3) is 5.56 Å². The lowest BCUT2D eigenvalue weighted by molar-refractivity contribution is -0.671. The fraction of sp³-hybridized carbons (Fsp3) is 0.250. The minimum absolute atomic E-state index is 0. The van der Waals surface area contributed by atoms with Crippen LogP contribution >= 0.6 is 0 Å².